The van der Waals surface area contributed by atoms with Crippen LogP contribution >= 0.6 is 0 Å². The minimum atomic E-state index is -0.270. The van der Waals surface area contributed by atoms with E-state index in [1.807, 2.05) is 6.07 Å². The van der Waals surface area contributed by atoms with Crippen molar-refractivity contribution >= 4 is 22.5 Å². The molecule has 3 aromatic heterocycles. The quantitative estimate of drug-likeness (QED) is 0.501. The normalized spacial score (nSPS) is 13.8. The molecule has 8 nitrogen and oxygen atoms in total. The van der Waals surface area contributed by atoms with Gasteiger partial charge in [0, 0.05) is 25.0 Å². The summed E-state index contributed by atoms with van der Waals surface area (Å²) in [6.45, 7) is 5.97. The first-order valence-electron chi connectivity index (χ1n) is 10.1. The van der Waals surface area contributed by atoms with Gasteiger partial charge in [0.2, 0.25) is 5.95 Å². The molecule has 0 aliphatic carbocycles. The lowest BCUT2D eigenvalue weighted by Gasteiger charge is -2.25. The van der Waals surface area contributed by atoms with Crippen molar-refractivity contribution in [3.8, 4) is 11.5 Å². The summed E-state index contributed by atoms with van der Waals surface area (Å²) in [4.78, 5) is 24.1. The van der Waals surface area contributed by atoms with Crippen LogP contribution in [0.4, 0.5) is 11.6 Å². The fraction of sp³-hybridized carbons (Fsp3) is 0.217. The number of furan rings is 1. The first-order valence-corrected chi connectivity index (χ1v) is 10.1. The van der Waals surface area contributed by atoms with Crippen molar-refractivity contribution in [2.24, 2.45) is 0 Å². The highest BCUT2D eigenvalue weighted by atomic mass is 16.3. The van der Waals surface area contributed by atoms with Crippen molar-refractivity contribution in [3.63, 3.8) is 0 Å². The Morgan fingerprint density at radius 1 is 1.29 bits per heavy atom. The Morgan fingerprint density at radius 2 is 2.19 bits per heavy atom. The number of hydrogen-bond donors (Lipinski definition) is 1. The van der Waals surface area contributed by atoms with Gasteiger partial charge in [-0.15, -0.1) is 6.58 Å². The zero-order valence-corrected chi connectivity index (χ0v) is 17.2. The predicted molar refractivity (Wildman–Crippen MR) is 119 cm³/mol. The second kappa shape index (κ2) is 7.81. The molecule has 4 aromatic rings. The van der Waals surface area contributed by atoms with Gasteiger partial charge in [-0.2, -0.15) is 5.10 Å². The maximum Gasteiger partial charge on any atom is 0.278 e. The largest absolute Gasteiger partial charge is 0.463 e. The van der Waals surface area contributed by atoms with E-state index in [4.69, 9.17) is 4.42 Å². The van der Waals surface area contributed by atoms with E-state index >= 15 is 0 Å². The molecule has 0 unspecified atom stereocenters. The topological polar surface area (TPSA) is 89.1 Å². The van der Waals surface area contributed by atoms with E-state index < -0.39 is 0 Å². The van der Waals surface area contributed by atoms with Gasteiger partial charge in [-0.05, 0) is 48.9 Å². The van der Waals surface area contributed by atoms with Crippen molar-refractivity contribution in [1.82, 2.24) is 24.6 Å². The summed E-state index contributed by atoms with van der Waals surface area (Å²) in [5.74, 6) is 0.927. The highest BCUT2D eigenvalue weighted by Gasteiger charge is 2.17. The summed E-state index contributed by atoms with van der Waals surface area (Å²) in [7, 11) is 2.12. The number of allylic oxidation sites excluding steroid dienone is 1. The summed E-state index contributed by atoms with van der Waals surface area (Å²) in [6, 6.07) is 9.88. The van der Waals surface area contributed by atoms with Crippen molar-refractivity contribution in [1.29, 1.82) is 0 Å². The third-order valence-electron chi connectivity index (χ3n) is 5.42. The number of likely N-dealkylation sites (N-methyl/N-ethyl adjacent to an activating group) is 1. The molecular weight excluding hydrogens is 392 g/mol. The van der Waals surface area contributed by atoms with E-state index in [9.17, 15) is 4.79 Å². The summed E-state index contributed by atoms with van der Waals surface area (Å²) in [6.07, 6.45) is 5.77. The van der Waals surface area contributed by atoms with Crippen LogP contribution in [0.2, 0.25) is 0 Å². The van der Waals surface area contributed by atoms with Crippen molar-refractivity contribution in [2.45, 2.75) is 19.5 Å². The van der Waals surface area contributed by atoms with E-state index in [0.717, 1.165) is 25.2 Å². The lowest BCUT2D eigenvalue weighted by atomic mass is 9.99. The van der Waals surface area contributed by atoms with Crippen molar-refractivity contribution < 1.29 is 4.42 Å². The van der Waals surface area contributed by atoms with Crippen LogP contribution in [0, 0.1) is 0 Å². The number of benzene rings is 1. The molecule has 0 radical (unpaired) electrons. The number of nitrogens with zero attached hydrogens (tertiary/aromatic N) is 5. The van der Waals surface area contributed by atoms with Gasteiger partial charge in [0.05, 0.1) is 18.2 Å². The maximum absolute atomic E-state index is 12.8. The highest BCUT2D eigenvalue weighted by Crippen LogP contribution is 2.26. The average Bonchev–Trinajstić information content (AvgIpc) is 3.30. The number of rotatable bonds is 5. The van der Waals surface area contributed by atoms with Crippen LogP contribution in [0.15, 0.2) is 64.7 Å². The number of aromatic nitrogens is 4. The van der Waals surface area contributed by atoms with E-state index in [1.54, 1.807) is 24.5 Å². The molecule has 0 spiro atoms. The molecule has 0 atom stereocenters. The SMILES string of the molecule is C=CCn1nc(-c2ccco2)c2nc(Nc3ccc4c(c3)CN(C)CC4)ncc2c1=O. The van der Waals surface area contributed by atoms with Crippen LogP contribution in [0.5, 0.6) is 0 Å². The van der Waals surface area contributed by atoms with Crippen LogP contribution in [0.1, 0.15) is 11.1 Å². The Kier molecular flexibility index (Phi) is 4.83. The second-order valence-electron chi connectivity index (χ2n) is 7.65. The van der Waals surface area contributed by atoms with Crippen LogP contribution in [0.3, 0.4) is 0 Å². The van der Waals surface area contributed by atoms with E-state index in [2.05, 4.69) is 51.0 Å². The zero-order chi connectivity index (χ0) is 21.4. The fourth-order valence-electron chi connectivity index (χ4n) is 3.86. The Labute approximate surface area is 178 Å². The molecule has 0 fully saturated rings. The van der Waals surface area contributed by atoms with E-state index in [0.29, 0.717) is 28.3 Å². The van der Waals surface area contributed by atoms with Crippen LogP contribution < -0.4 is 10.9 Å². The monoisotopic (exact) mass is 414 g/mol. The van der Waals surface area contributed by atoms with Gasteiger partial charge in [0.15, 0.2) is 11.5 Å². The highest BCUT2D eigenvalue weighted by molar-refractivity contribution is 5.89. The summed E-state index contributed by atoms with van der Waals surface area (Å²) < 4.78 is 6.88. The van der Waals surface area contributed by atoms with E-state index in [1.165, 1.54) is 22.0 Å². The number of hydrogen-bond acceptors (Lipinski definition) is 7. The molecule has 0 bridgehead atoms. The second-order valence-corrected chi connectivity index (χ2v) is 7.65. The van der Waals surface area contributed by atoms with Gasteiger partial charge < -0.3 is 14.6 Å². The number of nitrogens with one attached hydrogen (secondary N) is 1. The minimum Gasteiger partial charge on any atom is -0.463 e. The van der Waals surface area contributed by atoms with Crippen LogP contribution in [0.25, 0.3) is 22.4 Å². The van der Waals surface area contributed by atoms with Crippen molar-refractivity contribution in [3.05, 3.63) is 76.9 Å². The summed E-state index contributed by atoms with van der Waals surface area (Å²) in [5, 5.41) is 8.11. The molecule has 0 amide bonds. The molecule has 1 aliphatic rings. The molecule has 8 heteroatoms. The zero-order valence-electron chi connectivity index (χ0n) is 17.2. The smallest absolute Gasteiger partial charge is 0.278 e. The van der Waals surface area contributed by atoms with Gasteiger partial charge in [0.1, 0.15) is 5.52 Å². The van der Waals surface area contributed by atoms with Gasteiger partial charge in [-0.25, -0.2) is 14.6 Å². The third kappa shape index (κ3) is 3.62. The molecule has 5 rings (SSSR count). The predicted octanol–water partition coefficient (Wildman–Crippen LogP) is 3.36. The van der Waals surface area contributed by atoms with Crippen LogP contribution in [-0.2, 0) is 19.5 Å². The number of anilines is 2. The Bertz CT molecular complexity index is 1330. The van der Waals surface area contributed by atoms with Gasteiger partial charge in [0.25, 0.3) is 5.56 Å². The van der Waals surface area contributed by atoms with E-state index in [-0.39, 0.29) is 12.1 Å². The molecular formula is C23H22N6O2. The third-order valence-corrected chi connectivity index (χ3v) is 5.42. The summed E-state index contributed by atoms with van der Waals surface area (Å²) >= 11 is 0. The molecule has 1 aromatic carbocycles. The minimum absolute atomic E-state index is 0.270. The molecule has 1 aliphatic heterocycles. The average molecular weight is 414 g/mol. The lowest BCUT2D eigenvalue weighted by molar-refractivity contribution is 0.313. The molecule has 1 N–H and O–H groups in total. The molecule has 31 heavy (non-hydrogen) atoms. The Hall–Kier alpha value is -3.78. The Morgan fingerprint density at radius 3 is 3.00 bits per heavy atom. The molecule has 4 heterocycles. The Balaban J connectivity index is 1.58. The molecule has 0 saturated carbocycles. The van der Waals surface area contributed by atoms with Gasteiger partial charge in [-0.3, -0.25) is 4.79 Å². The van der Waals surface area contributed by atoms with Gasteiger partial charge in [-0.1, -0.05) is 12.1 Å². The number of fused-ring (bicyclic) bond motifs is 2. The van der Waals surface area contributed by atoms with Gasteiger partial charge >= 0.3 is 0 Å². The lowest BCUT2D eigenvalue weighted by Crippen LogP contribution is -2.26. The first-order chi connectivity index (χ1) is 15.1. The maximum atomic E-state index is 12.8. The molecule has 0 saturated heterocycles. The van der Waals surface area contributed by atoms with Crippen molar-refractivity contribution in [2.75, 3.05) is 18.9 Å². The standard InChI is InChI=1S/C23H22N6O2/c1-3-9-29-22(30)18-13-24-23(26-20(18)21(27-29)19-5-4-11-31-19)25-17-7-6-15-8-10-28(2)14-16(15)12-17/h3-7,11-13H,1,8-10,14H2,2H3,(H,24,25,26). The van der Waals surface area contributed by atoms with Crippen LogP contribution in [-0.4, -0.2) is 38.2 Å². The fourth-order valence-corrected chi connectivity index (χ4v) is 3.86. The summed E-state index contributed by atoms with van der Waals surface area (Å²) in [5.41, 5.74) is 4.23. The molecule has 156 valence electrons. The first kappa shape index (κ1) is 19.2.